The second kappa shape index (κ2) is 8.13. The molecule has 0 bridgehead atoms. The van der Waals surface area contributed by atoms with Crippen molar-refractivity contribution >= 4 is 23.3 Å². The van der Waals surface area contributed by atoms with Crippen molar-refractivity contribution < 1.29 is 14.6 Å². The molecule has 1 aliphatic rings. The Morgan fingerprint density at radius 2 is 1.85 bits per heavy atom. The van der Waals surface area contributed by atoms with E-state index in [4.69, 9.17) is 4.74 Å². The molecule has 1 aromatic heterocycles. The molecule has 0 aliphatic carbocycles. The van der Waals surface area contributed by atoms with E-state index in [0.29, 0.717) is 22.9 Å². The van der Waals surface area contributed by atoms with Crippen LogP contribution in [0.3, 0.4) is 0 Å². The molecule has 0 saturated heterocycles. The first-order valence-electron chi connectivity index (χ1n) is 8.98. The molecule has 142 valence electrons. The number of carbonyl (C=O) groups is 1. The number of cyclic esters (lactones) is 1. The summed E-state index contributed by atoms with van der Waals surface area (Å²) < 4.78 is 5.70. The Morgan fingerprint density at radius 1 is 1.22 bits per heavy atom. The molecule has 5 nitrogen and oxygen atoms in total. The number of aryl methyl sites for hydroxylation is 3. The fourth-order valence-corrected chi connectivity index (χ4v) is 4.36. The number of esters is 1. The number of aromatic nitrogens is 2. The van der Waals surface area contributed by atoms with Gasteiger partial charge in [0, 0.05) is 30.5 Å². The normalized spacial score (nSPS) is 18.4. The number of carbonyl (C=O) groups excluding carboxylic acids is 1. The van der Waals surface area contributed by atoms with Crippen LogP contribution in [-0.4, -0.2) is 32.9 Å². The monoisotopic (exact) mass is 384 g/mol. The van der Waals surface area contributed by atoms with Gasteiger partial charge in [0.25, 0.3) is 0 Å². The zero-order chi connectivity index (χ0) is 19.6. The van der Waals surface area contributed by atoms with E-state index in [1.165, 1.54) is 11.8 Å². The van der Waals surface area contributed by atoms with Gasteiger partial charge in [-0.05, 0) is 43.5 Å². The number of nitrogens with zero attached hydrogens (tertiary/aromatic N) is 2. The van der Waals surface area contributed by atoms with Crippen molar-refractivity contribution in [1.82, 2.24) is 9.97 Å². The number of hydrogen-bond donors (Lipinski definition) is 1. The summed E-state index contributed by atoms with van der Waals surface area (Å²) in [6.45, 7) is 7.93. The fraction of sp³-hybridized carbons (Fsp3) is 0.381. The van der Waals surface area contributed by atoms with Crippen LogP contribution in [0.15, 0.2) is 41.5 Å². The first-order chi connectivity index (χ1) is 12.9. The van der Waals surface area contributed by atoms with Gasteiger partial charge in [0.05, 0.1) is 0 Å². The van der Waals surface area contributed by atoms with Gasteiger partial charge in [-0.2, -0.15) is 0 Å². The van der Waals surface area contributed by atoms with E-state index >= 15 is 0 Å². The molecule has 0 amide bonds. The molecule has 0 spiro atoms. The lowest BCUT2D eigenvalue weighted by Crippen LogP contribution is -2.32. The molecule has 0 saturated carbocycles. The minimum Gasteiger partial charge on any atom is -0.511 e. The zero-order valence-corrected chi connectivity index (χ0v) is 16.8. The lowest BCUT2D eigenvalue weighted by Gasteiger charge is -2.29. The predicted octanol–water partition coefficient (Wildman–Crippen LogP) is 4.41. The highest BCUT2D eigenvalue weighted by atomic mass is 32.2. The quantitative estimate of drug-likeness (QED) is 0.467. The van der Waals surface area contributed by atoms with Gasteiger partial charge in [-0.1, -0.05) is 36.4 Å². The Labute approximate surface area is 163 Å². The van der Waals surface area contributed by atoms with Gasteiger partial charge >= 0.3 is 5.97 Å². The van der Waals surface area contributed by atoms with Crippen LogP contribution in [0, 0.1) is 26.7 Å². The van der Waals surface area contributed by atoms with E-state index in [1.54, 1.807) is 18.5 Å². The van der Waals surface area contributed by atoms with Gasteiger partial charge in [-0.25, -0.2) is 14.8 Å². The second-order valence-corrected chi connectivity index (χ2v) is 8.05. The lowest BCUT2D eigenvalue weighted by atomic mass is 9.89. The molecule has 27 heavy (non-hydrogen) atoms. The summed E-state index contributed by atoms with van der Waals surface area (Å²) in [5, 5.41) is 11.4. The SMILES string of the molecule is Cc1cc(C)c(C2=C(O)CC(C(C)CSc3ncccn3)OC2=O)c(C)c1. The molecule has 1 aromatic carbocycles. The Hall–Kier alpha value is -2.34. The highest BCUT2D eigenvalue weighted by Crippen LogP contribution is 2.35. The molecular formula is C21H24N2O3S. The molecule has 2 atom stereocenters. The third-order valence-corrected chi connectivity index (χ3v) is 5.89. The van der Waals surface area contributed by atoms with Crippen molar-refractivity contribution in [3.63, 3.8) is 0 Å². The molecular weight excluding hydrogens is 360 g/mol. The molecule has 2 heterocycles. The first kappa shape index (κ1) is 19.4. The van der Waals surface area contributed by atoms with Gasteiger partial charge in [-0.15, -0.1) is 0 Å². The Balaban J connectivity index is 1.77. The van der Waals surface area contributed by atoms with E-state index in [-0.39, 0.29) is 17.8 Å². The molecule has 3 rings (SSSR count). The molecule has 6 heteroatoms. The summed E-state index contributed by atoms with van der Waals surface area (Å²) in [4.78, 5) is 21.1. The summed E-state index contributed by atoms with van der Waals surface area (Å²) >= 11 is 1.52. The van der Waals surface area contributed by atoms with Gasteiger partial charge in [0.2, 0.25) is 0 Å². The van der Waals surface area contributed by atoms with Crippen molar-refractivity contribution in [2.75, 3.05) is 5.75 Å². The van der Waals surface area contributed by atoms with Crippen molar-refractivity contribution in [2.45, 2.75) is 45.4 Å². The minimum atomic E-state index is -0.452. The number of hydrogen-bond acceptors (Lipinski definition) is 6. The molecule has 2 aromatic rings. The van der Waals surface area contributed by atoms with E-state index < -0.39 is 5.97 Å². The van der Waals surface area contributed by atoms with E-state index in [0.717, 1.165) is 22.3 Å². The van der Waals surface area contributed by atoms with Crippen LogP contribution in [0.1, 0.15) is 35.6 Å². The highest BCUT2D eigenvalue weighted by Gasteiger charge is 2.34. The minimum absolute atomic E-state index is 0.0617. The van der Waals surface area contributed by atoms with Crippen molar-refractivity contribution in [1.29, 1.82) is 0 Å². The number of ether oxygens (including phenoxy) is 1. The van der Waals surface area contributed by atoms with Crippen LogP contribution in [0.25, 0.3) is 5.57 Å². The summed E-state index contributed by atoms with van der Waals surface area (Å²) in [7, 11) is 0. The maximum atomic E-state index is 12.7. The first-order valence-corrected chi connectivity index (χ1v) is 9.96. The predicted molar refractivity (Wildman–Crippen MR) is 107 cm³/mol. The van der Waals surface area contributed by atoms with E-state index in [2.05, 4.69) is 9.97 Å². The number of rotatable bonds is 5. The van der Waals surface area contributed by atoms with Gasteiger partial charge in [-0.3, -0.25) is 0 Å². The third-order valence-electron chi connectivity index (χ3n) is 4.72. The molecule has 0 radical (unpaired) electrons. The number of thioether (sulfide) groups is 1. The average molecular weight is 385 g/mol. The third kappa shape index (κ3) is 4.33. The number of aliphatic hydroxyl groups excluding tert-OH is 1. The Kier molecular flexibility index (Phi) is 5.85. The second-order valence-electron chi connectivity index (χ2n) is 7.06. The number of aliphatic hydroxyl groups is 1. The smallest absolute Gasteiger partial charge is 0.342 e. The fourth-order valence-electron chi connectivity index (χ4n) is 3.46. The average Bonchev–Trinajstić information content (AvgIpc) is 2.61. The van der Waals surface area contributed by atoms with Crippen molar-refractivity contribution in [3.8, 4) is 0 Å². The van der Waals surface area contributed by atoms with Crippen molar-refractivity contribution in [2.24, 2.45) is 5.92 Å². The Bertz CT molecular complexity index is 857. The molecule has 1 N–H and O–H groups in total. The summed E-state index contributed by atoms with van der Waals surface area (Å²) in [5.74, 6) is 0.421. The highest BCUT2D eigenvalue weighted by molar-refractivity contribution is 7.99. The largest absolute Gasteiger partial charge is 0.511 e. The van der Waals surface area contributed by atoms with E-state index in [1.807, 2.05) is 39.8 Å². The summed E-state index contributed by atoms with van der Waals surface area (Å²) in [5.41, 5.74) is 4.14. The standard InChI is InChI=1S/C21H24N2O3S/c1-12-8-13(2)18(14(3)9-12)19-16(24)10-17(26-20(19)25)15(4)11-27-21-22-6-5-7-23-21/h5-9,15,17,24H,10-11H2,1-4H3. The van der Waals surface area contributed by atoms with Crippen molar-refractivity contribution in [3.05, 3.63) is 58.6 Å². The van der Waals surface area contributed by atoms with Gasteiger partial charge in [0.1, 0.15) is 17.4 Å². The maximum absolute atomic E-state index is 12.7. The lowest BCUT2D eigenvalue weighted by molar-refractivity contribution is -0.145. The topological polar surface area (TPSA) is 72.3 Å². The maximum Gasteiger partial charge on any atom is 0.342 e. The molecule has 1 aliphatic heterocycles. The van der Waals surface area contributed by atoms with E-state index in [9.17, 15) is 9.90 Å². The van der Waals surface area contributed by atoms with Gasteiger partial charge < -0.3 is 9.84 Å². The summed E-state index contributed by atoms with van der Waals surface area (Å²) in [6.07, 6.45) is 3.37. The molecule has 0 fully saturated rings. The van der Waals surface area contributed by atoms with Crippen LogP contribution in [-0.2, 0) is 9.53 Å². The van der Waals surface area contributed by atoms with Crippen LogP contribution < -0.4 is 0 Å². The van der Waals surface area contributed by atoms with Crippen LogP contribution in [0.5, 0.6) is 0 Å². The molecule has 2 unspecified atom stereocenters. The summed E-state index contributed by atoms with van der Waals surface area (Å²) in [6, 6.07) is 5.80. The van der Waals surface area contributed by atoms with Crippen LogP contribution in [0.2, 0.25) is 0 Å². The number of benzene rings is 1. The van der Waals surface area contributed by atoms with Gasteiger partial charge in [0.15, 0.2) is 5.16 Å². The van der Waals surface area contributed by atoms with Crippen LogP contribution >= 0.6 is 11.8 Å². The zero-order valence-electron chi connectivity index (χ0n) is 16.0. The van der Waals surface area contributed by atoms with Crippen LogP contribution in [0.4, 0.5) is 0 Å². The Morgan fingerprint density at radius 3 is 2.44 bits per heavy atom.